The highest BCUT2D eigenvalue weighted by atomic mass is 32.2. The van der Waals surface area contributed by atoms with Gasteiger partial charge in [0.05, 0.1) is 38.7 Å². The molecule has 2 atom stereocenters. The molecule has 0 radical (unpaired) electrons. The molecule has 0 heterocycles. The SMILES string of the molecule is COC(=O)C(C)(C)[C@](C)(N[S@](=O)C(C)(C)C)c1cccc([N+](=O)[O-])c1. The van der Waals surface area contributed by atoms with Crippen LogP contribution in [0.4, 0.5) is 5.69 Å². The van der Waals surface area contributed by atoms with Crippen LogP contribution in [0.25, 0.3) is 0 Å². The second-order valence-electron chi connectivity index (χ2n) is 7.53. The van der Waals surface area contributed by atoms with Crippen LogP contribution in [-0.4, -0.2) is 27.0 Å². The van der Waals surface area contributed by atoms with E-state index in [2.05, 4.69) is 4.72 Å². The molecule has 7 nitrogen and oxygen atoms in total. The molecule has 0 aliphatic rings. The van der Waals surface area contributed by atoms with Crippen molar-refractivity contribution in [1.29, 1.82) is 0 Å². The van der Waals surface area contributed by atoms with Gasteiger partial charge in [-0.3, -0.25) is 14.9 Å². The molecule has 0 amide bonds. The molecule has 0 saturated carbocycles. The van der Waals surface area contributed by atoms with E-state index >= 15 is 0 Å². The van der Waals surface area contributed by atoms with E-state index in [0.717, 1.165) is 0 Å². The smallest absolute Gasteiger partial charge is 0.313 e. The van der Waals surface area contributed by atoms with E-state index in [0.29, 0.717) is 5.56 Å². The van der Waals surface area contributed by atoms with Gasteiger partial charge in [-0.05, 0) is 47.1 Å². The summed E-state index contributed by atoms with van der Waals surface area (Å²) in [5.74, 6) is -0.514. The van der Waals surface area contributed by atoms with Crippen molar-refractivity contribution in [3.63, 3.8) is 0 Å². The molecule has 25 heavy (non-hydrogen) atoms. The lowest BCUT2D eigenvalue weighted by molar-refractivity contribution is -0.385. The first kappa shape index (κ1) is 21.2. The van der Waals surface area contributed by atoms with Crippen LogP contribution in [0, 0.1) is 15.5 Å². The van der Waals surface area contributed by atoms with E-state index < -0.39 is 37.6 Å². The first-order valence-corrected chi connectivity index (χ1v) is 8.95. The minimum atomic E-state index is -1.52. The van der Waals surface area contributed by atoms with Gasteiger partial charge in [0.15, 0.2) is 0 Å². The zero-order chi connectivity index (χ0) is 19.6. The highest BCUT2D eigenvalue weighted by Crippen LogP contribution is 2.42. The first-order chi connectivity index (χ1) is 11.3. The summed E-state index contributed by atoms with van der Waals surface area (Å²) >= 11 is 0. The summed E-state index contributed by atoms with van der Waals surface area (Å²) in [6.45, 7) is 10.4. The molecule has 1 aromatic carbocycles. The van der Waals surface area contributed by atoms with Crippen LogP contribution in [0.2, 0.25) is 0 Å². The molecule has 0 saturated heterocycles. The molecule has 1 N–H and O–H groups in total. The van der Waals surface area contributed by atoms with E-state index in [1.807, 2.05) is 0 Å². The zero-order valence-corrected chi connectivity index (χ0v) is 16.5. The lowest BCUT2D eigenvalue weighted by Gasteiger charge is -2.43. The number of nitro groups is 1. The van der Waals surface area contributed by atoms with Crippen molar-refractivity contribution in [3.05, 3.63) is 39.9 Å². The Morgan fingerprint density at radius 1 is 1.20 bits per heavy atom. The molecular formula is C17H26N2O5S. The average Bonchev–Trinajstić information content (AvgIpc) is 2.52. The summed E-state index contributed by atoms with van der Waals surface area (Å²) in [5.41, 5.74) is -1.93. The maximum Gasteiger partial charge on any atom is 0.313 e. The third kappa shape index (κ3) is 4.24. The summed E-state index contributed by atoms with van der Waals surface area (Å²) < 4.78 is 20.1. The molecule has 0 spiro atoms. The van der Waals surface area contributed by atoms with Gasteiger partial charge >= 0.3 is 5.97 Å². The van der Waals surface area contributed by atoms with Crippen LogP contribution in [0.15, 0.2) is 24.3 Å². The lowest BCUT2D eigenvalue weighted by atomic mass is 9.70. The lowest BCUT2D eigenvalue weighted by Crippen LogP contribution is -2.57. The highest BCUT2D eigenvalue weighted by molar-refractivity contribution is 7.84. The number of methoxy groups -OCH3 is 1. The third-order valence-electron chi connectivity index (χ3n) is 4.43. The average molecular weight is 370 g/mol. The Bertz CT molecular complexity index is 697. The summed E-state index contributed by atoms with van der Waals surface area (Å²) in [7, 11) is -0.241. The molecule has 0 unspecified atom stereocenters. The molecule has 0 aliphatic carbocycles. The fraction of sp³-hybridized carbons (Fsp3) is 0.588. The molecule has 1 aromatic rings. The fourth-order valence-corrected chi connectivity index (χ4v) is 3.33. The Hall–Kier alpha value is -1.80. The number of carbonyl (C=O) groups excluding carboxylic acids is 1. The summed E-state index contributed by atoms with van der Waals surface area (Å²) in [6.07, 6.45) is 0. The van der Waals surface area contributed by atoms with E-state index in [1.165, 1.54) is 19.2 Å². The number of carbonyl (C=O) groups is 1. The topological polar surface area (TPSA) is 98.5 Å². The number of benzene rings is 1. The van der Waals surface area contributed by atoms with E-state index in [9.17, 15) is 19.1 Å². The molecule has 0 aliphatic heterocycles. The van der Waals surface area contributed by atoms with Crippen molar-refractivity contribution in [3.8, 4) is 0 Å². The van der Waals surface area contributed by atoms with E-state index in [-0.39, 0.29) is 5.69 Å². The van der Waals surface area contributed by atoms with Gasteiger partial charge in [0.1, 0.15) is 0 Å². The quantitative estimate of drug-likeness (QED) is 0.471. The largest absolute Gasteiger partial charge is 0.469 e. The van der Waals surface area contributed by atoms with Gasteiger partial charge in [0.2, 0.25) is 0 Å². The fourth-order valence-electron chi connectivity index (χ4n) is 2.28. The van der Waals surface area contributed by atoms with Crippen LogP contribution < -0.4 is 4.72 Å². The van der Waals surface area contributed by atoms with Crippen LogP contribution in [-0.2, 0) is 26.1 Å². The minimum Gasteiger partial charge on any atom is -0.469 e. The minimum absolute atomic E-state index is 0.104. The van der Waals surface area contributed by atoms with Gasteiger partial charge < -0.3 is 4.74 Å². The van der Waals surface area contributed by atoms with Crippen molar-refractivity contribution in [1.82, 2.24) is 4.72 Å². The molecule has 140 valence electrons. The van der Waals surface area contributed by atoms with Gasteiger partial charge in [0, 0.05) is 12.1 Å². The summed E-state index contributed by atoms with van der Waals surface area (Å²) in [6, 6.07) is 5.97. The van der Waals surface area contributed by atoms with Crippen LogP contribution in [0.5, 0.6) is 0 Å². The van der Waals surface area contributed by atoms with Crippen LogP contribution in [0.1, 0.15) is 47.1 Å². The van der Waals surface area contributed by atoms with E-state index in [4.69, 9.17) is 4.74 Å². The molecular weight excluding hydrogens is 344 g/mol. The van der Waals surface area contributed by atoms with Crippen molar-refractivity contribution in [2.75, 3.05) is 7.11 Å². The number of esters is 1. The highest BCUT2D eigenvalue weighted by Gasteiger charge is 2.50. The molecule has 0 aromatic heterocycles. The second kappa shape index (κ2) is 7.21. The number of rotatable bonds is 6. The normalized spacial score (nSPS) is 16.0. The van der Waals surface area contributed by atoms with Crippen molar-refractivity contribution >= 4 is 22.6 Å². The molecule has 0 fully saturated rings. The molecule has 0 bridgehead atoms. The van der Waals surface area contributed by atoms with Crippen LogP contribution >= 0.6 is 0 Å². The van der Waals surface area contributed by atoms with Gasteiger partial charge in [0.25, 0.3) is 5.69 Å². The Morgan fingerprint density at radius 3 is 2.20 bits per heavy atom. The Morgan fingerprint density at radius 2 is 1.76 bits per heavy atom. The maximum absolute atomic E-state index is 12.7. The molecule has 8 heteroatoms. The monoisotopic (exact) mass is 370 g/mol. The summed E-state index contributed by atoms with van der Waals surface area (Å²) in [4.78, 5) is 23.0. The van der Waals surface area contributed by atoms with Crippen molar-refractivity contribution in [2.45, 2.75) is 51.8 Å². The third-order valence-corrected chi connectivity index (χ3v) is 6.14. The molecule has 1 rings (SSSR count). The van der Waals surface area contributed by atoms with Crippen molar-refractivity contribution < 1.29 is 18.7 Å². The Balaban J connectivity index is 3.58. The van der Waals surface area contributed by atoms with E-state index in [1.54, 1.807) is 53.7 Å². The second-order valence-corrected chi connectivity index (χ2v) is 9.50. The number of hydrogen-bond donors (Lipinski definition) is 1. The Kier molecular flexibility index (Phi) is 6.13. The zero-order valence-electron chi connectivity index (χ0n) is 15.7. The Labute approximate surface area is 150 Å². The summed E-state index contributed by atoms with van der Waals surface area (Å²) in [5, 5.41) is 11.1. The standard InChI is InChI=1S/C17H26N2O5S/c1-15(2,3)25(23)18-17(6,16(4,5)14(20)24-7)12-9-8-10-13(11-12)19(21)22/h8-11,18H,1-7H3/t17-,25-/m1/s1. The predicted octanol–water partition coefficient (Wildman–Crippen LogP) is 3.06. The number of nitro benzene ring substituents is 1. The number of ether oxygens (including phenoxy) is 1. The van der Waals surface area contributed by atoms with Gasteiger partial charge in [-0.15, -0.1) is 0 Å². The predicted molar refractivity (Wildman–Crippen MR) is 97.3 cm³/mol. The maximum atomic E-state index is 12.7. The first-order valence-electron chi connectivity index (χ1n) is 7.80. The number of nitrogens with zero attached hydrogens (tertiary/aromatic N) is 1. The van der Waals surface area contributed by atoms with Gasteiger partial charge in [-0.1, -0.05) is 12.1 Å². The number of nitrogens with one attached hydrogen (secondary N) is 1. The van der Waals surface area contributed by atoms with Crippen LogP contribution in [0.3, 0.4) is 0 Å². The number of non-ortho nitro benzene ring substituents is 1. The van der Waals surface area contributed by atoms with Gasteiger partial charge in [-0.2, -0.15) is 0 Å². The van der Waals surface area contributed by atoms with Gasteiger partial charge in [-0.25, -0.2) is 8.93 Å². The number of hydrogen-bond acceptors (Lipinski definition) is 5. The van der Waals surface area contributed by atoms with Crippen molar-refractivity contribution in [2.24, 2.45) is 5.41 Å².